The third-order valence-electron chi connectivity index (χ3n) is 4.57. The van der Waals surface area contributed by atoms with Crippen LogP contribution in [0.3, 0.4) is 0 Å². The fourth-order valence-electron chi connectivity index (χ4n) is 3.19. The number of amides is 1. The molecule has 0 radical (unpaired) electrons. The quantitative estimate of drug-likeness (QED) is 0.523. The Bertz CT molecular complexity index is 1180. The van der Waals surface area contributed by atoms with Crippen LogP contribution in [0.25, 0.3) is 22.6 Å². The third kappa shape index (κ3) is 3.34. The minimum absolute atomic E-state index is 0.231. The maximum absolute atomic E-state index is 12.7. The molecule has 5 heteroatoms. The highest BCUT2D eigenvalue weighted by molar-refractivity contribution is 6.06. The van der Waals surface area contributed by atoms with Gasteiger partial charge in [-0.1, -0.05) is 24.3 Å². The van der Waals surface area contributed by atoms with Crippen LogP contribution in [0.5, 0.6) is 5.75 Å². The van der Waals surface area contributed by atoms with E-state index in [1.54, 1.807) is 13.2 Å². The van der Waals surface area contributed by atoms with E-state index in [1.165, 1.54) is 0 Å². The molecule has 0 aliphatic heterocycles. The van der Waals surface area contributed by atoms with Crippen molar-refractivity contribution in [2.24, 2.45) is 0 Å². The number of hydrogen-bond donors (Lipinski definition) is 1. The molecule has 1 aromatic heterocycles. The van der Waals surface area contributed by atoms with Gasteiger partial charge in [-0.05, 0) is 61.4 Å². The number of oxazole rings is 1. The Kier molecular flexibility index (Phi) is 4.57. The monoisotopic (exact) mass is 372 g/mol. The predicted octanol–water partition coefficient (Wildman–Crippen LogP) is 5.37. The summed E-state index contributed by atoms with van der Waals surface area (Å²) in [5, 5.41) is 2.92. The van der Waals surface area contributed by atoms with E-state index < -0.39 is 0 Å². The summed E-state index contributed by atoms with van der Waals surface area (Å²) in [5.41, 5.74) is 5.51. The number of nitrogens with zero attached hydrogens (tertiary/aromatic N) is 1. The van der Waals surface area contributed by atoms with Gasteiger partial charge in [0.25, 0.3) is 5.91 Å². The molecule has 0 atom stereocenters. The first-order valence-electron chi connectivity index (χ1n) is 8.98. The molecule has 5 nitrogen and oxygen atoms in total. The molecule has 140 valence electrons. The molecule has 0 spiro atoms. The van der Waals surface area contributed by atoms with E-state index in [0.717, 1.165) is 27.8 Å². The summed E-state index contributed by atoms with van der Waals surface area (Å²) >= 11 is 0. The Balaban J connectivity index is 1.63. The van der Waals surface area contributed by atoms with Crippen molar-refractivity contribution in [1.82, 2.24) is 4.98 Å². The highest BCUT2D eigenvalue weighted by Crippen LogP contribution is 2.28. The maximum Gasteiger partial charge on any atom is 0.259 e. The summed E-state index contributed by atoms with van der Waals surface area (Å²) in [6.07, 6.45) is 0. The largest absolute Gasteiger partial charge is 0.496 e. The molecule has 0 unspecified atom stereocenters. The SMILES string of the molecule is COc1c(C)cccc1C(=O)Nc1cccc(-c2nc3ccc(C)cc3o2)c1. The summed E-state index contributed by atoms with van der Waals surface area (Å²) in [6, 6.07) is 18.8. The number of aromatic nitrogens is 1. The third-order valence-corrected chi connectivity index (χ3v) is 4.57. The number of nitrogens with one attached hydrogen (secondary N) is 1. The minimum atomic E-state index is -0.231. The second-order valence-electron chi connectivity index (χ2n) is 6.68. The van der Waals surface area contributed by atoms with Gasteiger partial charge in [-0.25, -0.2) is 4.98 Å². The fraction of sp³-hybridized carbons (Fsp3) is 0.130. The number of anilines is 1. The van der Waals surface area contributed by atoms with Gasteiger partial charge in [0.1, 0.15) is 11.3 Å². The molecule has 1 N–H and O–H groups in total. The van der Waals surface area contributed by atoms with Crippen LogP contribution >= 0.6 is 0 Å². The zero-order valence-electron chi connectivity index (χ0n) is 15.9. The lowest BCUT2D eigenvalue weighted by molar-refractivity contribution is 0.102. The van der Waals surface area contributed by atoms with Gasteiger partial charge in [0, 0.05) is 11.3 Å². The van der Waals surface area contributed by atoms with Crippen molar-refractivity contribution in [1.29, 1.82) is 0 Å². The van der Waals surface area contributed by atoms with Crippen molar-refractivity contribution in [2.45, 2.75) is 13.8 Å². The molecule has 0 saturated carbocycles. The lowest BCUT2D eigenvalue weighted by Crippen LogP contribution is -2.13. The molecular weight excluding hydrogens is 352 g/mol. The lowest BCUT2D eigenvalue weighted by Gasteiger charge is -2.11. The average molecular weight is 372 g/mol. The number of carbonyl (C=O) groups is 1. The molecule has 1 amide bonds. The molecule has 0 fully saturated rings. The second kappa shape index (κ2) is 7.19. The Morgan fingerprint density at radius 2 is 1.86 bits per heavy atom. The minimum Gasteiger partial charge on any atom is -0.496 e. The van der Waals surface area contributed by atoms with Crippen molar-refractivity contribution in [2.75, 3.05) is 12.4 Å². The number of aryl methyl sites for hydroxylation is 2. The molecule has 1 heterocycles. The first kappa shape index (κ1) is 17.8. The van der Waals surface area contributed by atoms with Gasteiger partial charge in [0.2, 0.25) is 5.89 Å². The normalized spacial score (nSPS) is 10.8. The zero-order valence-corrected chi connectivity index (χ0v) is 15.9. The summed E-state index contributed by atoms with van der Waals surface area (Å²) in [4.78, 5) is 17.3. The topological polar surface area (TPSA) is 64.4 Å². The Morgan fingerprint density at radius 1 is 1.04 bits per heavy atom. The van der Waals surface area contributed by atoms with Crippen molar-refractivity contribution < 1.29 is 13.9 Å². The van der Waals surface area contributed by atoms with Crippen LogP contribution in [0.1, 0.15) is 21.5 Å². The summed E-state index contributed by atoms with van der Waals surface area (Å²) in [5.74, 6) is 0.862. The summed E-state index contributed by atoms with van der Waals surface area (Å²) in [7, 11) is 1.56. The Labute approximate surface area is 163 Å². The van der Waals surface area contributed by atoms with E-state index in [0.29, 0.717) is 22.9 Å². The molecule has 0 aliphatic carbocycles. The first-order chi connectivity index (χ1) is 13.5. The lowest BCUT2D eigenvalue weighted by atomic mass is 10.1. The molecule has 0 bridgehead atoms. The highest BCUT2D eigenvalue weighted by Gasteiger charge is 2.15. The van der Waals surface area contributed by atoms with E-state index in [9.17, 15) is 4.79 Å². The number of ether oxygens (including phenoxy) is 1. The van der Waals surface area contributed by atoms with Gasteiger partial charge in [-0.3, -0.25) is 4.79 Å². The van der Waals surface area contributed by atoms with Crippen molar-refractivity contribution in [3.63, 3.8) is 0 Å². The molecule has 4 rings (SSSR count). The molecular formula is C23H20N2O3. The summed E-state index contributed by atoms with van der Waals surface area (Å²) < 4.78 is 11.3. The van der Waals surface area contributed by atoms with E-state index in [1.807, 2.05) is 68.4 Å². The zero-order chi connectivity index (χ0) is 19.7. The van der Waals surface area contributed by atoms with Gasteiger partial charge >= 0.3 is 0 Å². The van der Waals surface area contributed by atoms with E-state index >= 15 is 0 Å². The Hall–Kier alpha value is -3.60. The van der Waals surface area contributed by atoms with Gasteiger partial charge < -0.3 is 14.5 Å². The van der Waals surface area contributed by atoms with Crippen molar-refractivity contribution in [3.05, 3.63) is 77.4 Å². The number of methoxy groups -OCH3 is 1. The predicted molar refractivity (Wildman–Crippen MR) is 110 cm³/mol. The van der Waals surface area contributed by atoms with Crippen LogP contribution < -0.4 is 10.1 Å². The number of hydrogen-bond acceptors (Lipinski definition) is 4. The molecule has 28 heavy (non-hydrogen) atoms. The van der Waals surface area contributed by atoms with E-state index in [4.69, 9.17) is 9.15 Å². The second-order valence-corrected chi connectivity index (χ2v) is 6.68. The van der Waals surface area contributed by atoms with Crippen molar-refractivity contribution in [3.8, 4) is 17.2 Å². The standard InChI is InChI=1S/C23H20N2O3/c1-14-10-11-19-20(12-14)28-23(25-19)16-7-5-8-17(13-16)24-22(26)18-9-4-6-15(2)21(18)27-3/h4-13H,1-3H3,(H,24,26). The Morgan fingerprint density at radius 3 is 2.68 bits per heavy atom. The number of rotatable bonds is 4. The van der Waals surface area contributed by atoms with Gasteiger partial charge in [0.05, 0.1) is 12.7 Å². The smallest absolute Gasteiger partial charge is 0.259 e. The first-order valence-corrected chi connectivity index (χ1v) is 8.98. The van der Waals surface area contributed by atoms with E-state index in [2.05, 4.69) is 10.3 Å². The molecule has 0 aliphatic rings. The van der Waals surface area contributed by atoms with Crippen LogP contribution in [-0.2, 0) is 0 Å². The fourth-order valence-corrected chi connectivity index (χ4v) is 3.19. The van der Waals surface area contributed by atoms with Gasteiger partial charge in [-0.2, -0.15) is 0 Å². The van der Waals surface area contributed by atoms with Crippen LogP contribution in [0.2, 0.25) is 0 Å². The van der Waals surface area contributed by atoms with Crippen molar-refractivity contribution >= 4 is 22.7 Å². The van der Waals surface area contributed by atoms with Gasteiger partial charge in [-0.15, -0.1) is 0 Å². The number of benzene rings is 3. The highest BCUT2D eigenvalue weighted by atomic mass is 16.5. The van der Waals surface area contributed by atoms with Crippen LogP contribution in [0, 0.1) is 13.8 Å². The number of fused-ring (bicyclic) bond motifs is 1. The number of para-hydroxylation sites is 1. The average Bonchev–Trinajstić information content (AvgIpc) is 3.11. The number of carbonyl (C=O) groups excluding carboxylic acids is 1. The molecule has 0 saturated heterocycles. The van der Waals surface area contributed by atoms with Crippen LogP contribution in [-0.4, -0.2) is 18.0 Å². The van der Waals surface area contributed by atoms with Crippen LogP contribution in [0.15, 0.2) is 65.1 Å². The summed E-state index contributed by atoms with van der Waals surface area (Å²) in [6.45, 7) is 3.92. The van der Waals surface area contributed by atoms with Gasteiger partial charge in [0.15, 0.2) is 5.58 Å². The molecule has 3 aromatic carbocycles. The molecule has 4 aromatic rings. The van der Waals surface area contributed by atoms with Crippen LogP contribution in [0.4, 0.5) is 5.69 Å². The maximum atomic E-state index is 12.7. The van der Waals surface area contributed by atoms with E-state index in [-0.39, 0.29) is 5.91 Å².